The maximum Gasteiger partial charge on any atom is 0.259 e. The van der Waals surface area contributed by atoms with Gasteiger partial charge in [0, 0.05) is 5.69 Å². The molecule has 2 aromatic rings. The maximum atomic E-state index is 14.1. The highest BCUT2D eigenvalue weighted by atomic mass is 19.1. The van der Waals surface area contributed by atoms with Gasteiger partial charge in [0.2, 0.25) is 5.78 Å². The molecule has 0 saturated carbocycles. The van der Waals surface area contributed by atoms with Crippen LogP contribution in [-0.2, 0) is 9.59 Å². The molecule has 0 spiro atoms. The van der Waals surface area contributed by atoms with Crippen LogP contribution in [0.2, 0.25) is 0 Å². The first-order valence-corrected chi connectivity index (χ1v) is 7.35. The molecular weight excluding hydrogens is 312 g/mol. The van der Waals surface area contributed by atoms with E-state index in [0.717, 1.165) is 13.8 Å². The van der Waals surface area contributed by atoms with Crippen molar-refractivity contribution in [3.63, 3.8) is 0 Å². The van der Waals surface area contributed by atoms with Crippen molar-refractivity contribution in [3.8, 4) is 0 Å². The summed E-state index contributed by atoms with van der Waals surface area (Å²) >= 11 is 0. The number of carbonyl (C=O) groups is 2. The summed E-state index contributed by atoms with van der Waals surface area (Å²) in [5.74, 6) is -2.11. The SMILES string of the molecule is CC(C)(F)C(=O)C(=Cc1ccc(F)cc1)C(=O)Nc1ccccc1. The first kappa shape index (κ1) is 17.5. The third-order valence-corrected chi connectivity index (χ3v) is 3.24. The van der Waals surface area contributed by atoms with E-state index in [4.69, 9.17) is 0 Å². The van der Waals surface area contributed by atoms with E-state index >= 15 is 0 Å². The van der Waals surface area contributed by atoms with Crippen LogP contribution in [0, 0.1) is 5.82 Å². The van der Waals surface area contributed by atoms with E-state index in [0.29, 0.717) is 11.3 Å². The van der Waals surface area contributed by atoms with Gasteiger partial charge in [-0.3, -0.25) is 9.59 Å². The molecule has 3 nitrogen and oxygen atoms in total. The lowest BCUT2D eigenvalue weighted by molar-refractivity contribution is -0.127. The molecular formula is C19H17F2NO2. The van der Waals surface area contributed by atoms with E-state index in [9.17, 15) is 18.4 Å². The van der Waals surface area contributed by atoms with Gasteiger partial charge in [0.05, 0.1) is 5.57 Å². The zero-order chi connectivity index (χ0) is 17.7. The van der Waals surface area contributed by atoms with Crippen LogP contribution in [0.4, 0.5) is 14.5 Å². The molecule has 0 aliphatic rings. The number of amides is 1. The summed E-state index contributed by atoms with van der Waals surface area (Å²) < 4.78 is 27.1. The predicted molar refractivity (Wildman–Crippen MR) is 89.6 cm³/mol. The molecule has 0 saturated heterocycles. The van der Waals surface area contributed by atoms with Gasteiger partial charge in [-0.15, -0.1) is 0 Å². The lowest BCUT2D eigenvalue weighted by Crippen LogP contribution is -2.33. The zero-order valence-corrected chi connectivity index (χ0v) is 13.3. The van der Waals surface area contributed by atoms with Crippen molar-refractivity contribution < 1.29 is 18.4 Å². The first-order chi connectivity index (χ1) is 11.3. The van der Waals surface area contributed by atoms with E-state index in [-0.39, 0.29) is 5.57 Å². The van der Waals surface area contributed by atoms with Gasteiger partial charge >= 0.3 is 0 Å². The highest BCUT2D eigenvalue weighted by Crippen LogP contribution is 2.20. The highest BCUT2D eigenvalue weighted by molar-refractivity contribution is 6.28. The third kappa shape index (κ3) is 4.59. The second-order valence-electron chi connectivity index (χ2n) is 5.73. The van der Waals surface area contributed by atoms with E-state index < -0.39 is 23.2 Å². The molecule has 24 heavy (non-hydrogen) atoms. The number of rotatable bonds is 5. The fourth-order valence-electron chi connectivity index (χ4n) is 2.00. The van der Waals surface area contributed by atoms with Gasteiger partial charge in [-0.1, -0.05) is 30.3 Å². The minimum Gasteiger partial charge on any atom is -0.322 e. The summed E-state index contributed by atoms with van der Waals surface area (Å²) in [7, 11) is 0. The van der Waals surface area contributed by atoms with Crippen molar-refractivity contribution in [2.24, 2.45) is 0 Å². The van der Waals surface area contributed by atoms with Crippen LogP contribution in [0.5, 0.6) is 0 Å². The summed E-state index contributed by atoms with van der Waals surface area (Å²) in [5.41, 5.74) is -1.64. The fraction of sp³-hybridized carbons (Fsp3) is 0.158. The van der Waals surface area contributed by atoms with Crippen LogP contribution in [-0.4, -0.2) is 17.4 Å². The topological polar surface area (TPSA) is 46.2 Å². The number of carbonyl (C=O) groups excluding carboxylic acids is 2. The van der Waals surface area contributed by atoms with Crippen LogP contribution < -0.4 is 5.32 Å². The van der Waals surface area contributed by atoms with Crippen LogP contribution in [0.15, 0.2) is 60.2 Å². The molecule has 0 bridgehead atoms. The van der Waals surface area contributed by atoms with E-state index in [1.165, 1.54) is 30.3 Å². The van der Waals surface area contributed by atoms with Gasteiger partial charge in [0.25, 0.3) is 5.91 Å². The van der Waals surface area contributed by atoms with Crippen molar-refractivity contribution in [2.45, 2.75) is 19.5 Å². The molecule has 0 fully saturated rings. The number of hydrogen-bond acceptors (Lipinski definition) is 2. The molecule has 1 amide bonds. The second-order valence-corrected chi connectivity index (χ2v) is 5.73. The Hall–Kier alpha value is -2.82. The highest BCUT2D eigenvalue weighted by Gasteiger charge is 2.33. The molecule has 0 aliphatic heterocycles. The van der Waals surface area contributed by atoms with Crippen LogP contribution in [0.1, 0.15) is 19.4 Å². The summed E-state index contributed by atoms with van der Waals surface area (Å²) in [4.78, 5) is 24.7. The number of hydrogen-bond donors (Lipinski definition) is 1. The Kier molecular flexibility index (Phi) is 5.24. The Morgan fingerprint density at radius 1 is 1.00 bits per heavy atom. The molecule has 2 rings (SSSR count). The summed E-state index contributed by atoms with van der Waals surface area (Å²) in [6.07, 6.45) is 1.25. The Balaban J connectivity index is 2.37. The number of alkyl halides is 1. The number of halogens is 2. The Morgan fingerprint density at radius 2 is 1.58 bits per heavy atom. The van der Waals surface area contributed by atoms with Crippen molar-refractivity contribution in [1.82, 2.24) is 0 Å². The number of ketones is 1. The number of anilines is 1. The molecule has 0 unspecified atom stereocenters. The molecule has 5 heteroatoms. The largest absolute Gasteiger partial charge is 0.322 e. The monoisotopic (exact) mass is 329 g/mol. The lowest BCUT2D eigenvalue weighted by Gasteiger charge is -2.15. The molecule has 0 aromatic heterocycles. The van der Waals surface area contributed by atoms with Gasteiger partial charge in [-0.2, -0.15) is 0 Å². The van der Waals surface area contributed by atoms with Crippen molar-refractivity contribution in [3.05, 3.63) is 71.6 Å². The summed E-state index contributed by atoms with van der Waals surface area (Å²) in [6.45, 7) is 2.17. The number of para-hydroxylation sites is 1. The van der Waals surface area contributed by atoms with Crippen LogP contribution >= 0.6 is 0 Å². The van der Waals surface area contributed by atoms with Crippen LogP contribution in [0.25, 0.3) is 6.08 Å². The number of nitrogens with one attached hydrogen (secondary N) is 1. The molecule has 2 aromatic carbocycles. The number of benzene rings is 2. The Morgan fingerprint density at radius 3 is 2.12 bits per heavy atom. The average Bonchev–Trinajstić information content (AvgIpc) is 2.53. The minimum absolute atomic E-state index is 0.335. The second kappa shape index (κ2) is 7.17. The Labute approximate surface area is 139 Å². The van der Waals surface area contributed by atoms with Gasteiger partial charge < -0.3 is 5.32 Å². The molecule has 0 heterocycles. The molecule has 0 aliphatic carbocycles. The molecule has 0 radical (unpaired) electrons. The van der Waals surface area contributed by atoms with Crippen molar-refractivity contribution >= 4 is 23.5 Å². The number of Topliss-reactive ketones (excluding diaryl/α,β-unsaturated/α-hetero) is 1. The van der Waals surface area contributed by atoms with Gasteiger partial charge in [0.1, 0.15) is 5.82 Å². The van der Waals surface area contributed by atoms with Crippen molar-refractivity contribution in [2.75, 3.05) is 5.32 Å². The Bertz CT molecular complexity index is 760. The summed E-state index contributed by atoms with van der Waals surface area (Å²) in [6, 6.07) is 13.7. The standard InChI is InChI=1S/C19H17F2NO2/c1-19(2,21)17(23)16(12-13-8-10-14(20)11-9-13)18(24)22-15-6-4-3-5-7-15/h3-12H,1-2H3,(H,22,24). The fourth-order valence-corrected chi connectivity index (χ4v) is 2.00. The van der Waals surface area contributed by atoms with Gasteiger partial charge in [-0.25, -0.2) is 8.78 Å². The van der Waals surface area contributed by atoms with E-state index in [2.05, 4.69) is 5.32 Å². The molecule has 124 valence electrons. The smallest absolute Gasteiger partial charge is 0.259 e. The summed E-state index contributed by atoms with van der Waals surface area (Å²) in [5, 5.41) is 2.56. The zero-order valence-electron chi connectivity index (χ0n) is 13.3. The first-order valence-electron chi connectivity index (χ1n) is 7.35. The average molecular weight is 329 g/mol. The van der Waals surface area contributed by atoms with E-state index in [1.54, 1.807) is 30.3 Å². The maximum absolute atomic E-state index is 14.1. The van der Waals surface area contributed by atoms with Gasteiger partial charge in [0.15, 0.2) is 5.67 Å². The minimum atomic E-state index is -2.21. The predicted octanol–water partition coefficient (Wildman–Crippen LogP) is 4.17. The molecule has 1 N–H and O–H groups in total. The third-order valence-electron chi connectivity index (χ3n) is 3.24. The van der Waals surface area contributed by atoms with Gasteiger partial charge in [-0.05, 0) is 49.8 Å². The van der Waals surface area contributed by atoms with Crippen molar-refractivity contribution in [1.29, 1.82) is 0 Å². The van der Waals surface area contributed by atoms with E-state index in [1.807, 2.05) is 0 Å². The molecule has 0 atom stereocenters. The normalized spacial score (nSPS) is 11.9. The lowest BCUT2D eigenvalue weighted by atomic mass is 9.95. The quantitative estimate of drug-likeness (QED) is 0.508. The van der Waals surface area contributed by atoms with Crippen LogP contribution in [0.3, 0.4) is 0 Å².